The van der Waals surface area contributed by atoms with Crippen LogP contribution in [0.2, 0.25) is 0 Å². The van der Waals surface area contributed by atoms with Gasteiger partial charge in [-0.2, -0.15) is 0 Å². The minimum absolute atomic E-state index is 0.220. The van der Waals surface area contributed by atoms with Crippen LogP contribution in [0.3, 0.4) is 0 Å². The summed E-state index contributed by atoms with van der Waals surface area (Å²) in [6.07, 6.45) is 17.5. The zero-order valence-corrected chi connectivity index (χ0v) is 16.3. The number of benzene rings is 1. The molecule has 0 saturated heterocycles. The predicted molar refractivity (Wildman–Crippen MR) is 107 cm³/mol. The second-order valence-electron chi connectivity index (χ2n) is 8.01. The Bertz CT molecular complexity index is 633. The number of rotatable bonds is 6. The molecule has 0 spiro atoms. The highest BCUT2D eigenvalue weighted by Crippen LogP contribution is 2.48. The lowest BCUT2D eigenvalue weighted by Crippen LogP contribution is -2.30. The third kappa shape index (κ3) is 4.78. The molecule has 0 N–H and O–H groups in total. The number of hydrogen-bond acceptors (Lipinski definition) is 1. The van der Waals surface area contributed by atoms with Gasteiger partial charge in [0.2, 0.25) is 0 Å². The number of ether oxygens (including phenoxy) is 1. The summed E-state index contributed by atoms with van der Waals surface area (Å²) in [5.74, 6) is 3.15. The number of fused-ring (bicyclic) bond motifs is 1. The van der Waals surface area contributed by atoms with Crippen molar-refractivity contribution in [1.82, 2.24) is 0 Å². The first-order valence-electron chi connectivity index (χ1n) is 10.4. The Labute approximate surface area is 158 Å². The number of allylic oxidation sites excluding steroid dienone is 3. The summed E-state index contributed by atoms with van der Waals surface area (Å²) in [4.78, 5) is 0. The quantitative estimate of drug-likeness (QED) is 0.496. The van der Waals surface area contributed by atoms with E-state index in [2.05, 4.69) is 25.1 Å². The molecule has 1 nitrogen and oxygen atoms in total. The average Bonchev–Trinajstić information content (AvgIpc) is 2.67. The molecule has 142 valence electrons. The van der Waals surface area contributed by atoms with Crippen molar-refractivity contribution in [3.63, 3.8) is 0 Å². The van der Waals surface area contributed by atoms with Crippen LogP contribution in [0.5, 0.6) is 5.75 Å². The van der Waals surface area contributed by atoms with E-state index < -0.39 is 0 Å². The van der Waals surface area contributed by atoms with Crippen molar-refractivity contribution in [2.75, 3.05) is 6.61 Å². The molecule has 0 radical (unpaired) electrons. The van der Waals surface area contributed by atoms with Gasteiger partial charge in [0.1, 0.15) is 6.61 Å². The van der Waals surface area contributed by atoms with E-state index in [-0.39, 0.29) is 5.82 Å². The summed E-state index contributed by atoms with van der Waals surface area (Å²) >= 11 is 0. The van der Waals surface area contributed by atoms with Crippen LogP contribution < -0.4 is 4.74 Å². The van der Waals surface area contributed by atoms with Crippen LogP contribution in [-0.4, -0.2) is 6.61 Å². The molecule has 0 amide bonds. The molecule has 1 aromatic rings. The lowest BCUT2D eigenvalue weighted by Gasteiger charge is -2.41. The molecule has 1 unspecified atom stereocenters. The van der Waals surface area contributed by atoms with Crippen molar-refractivity contribution in [2.24, 2.45) is 17.8 Å². The first kappa shape index (κ1) is 19.2. The molecule has 2 saturated carbocycles. The highest BCUT2D eigenvalue weighted by atomic mass is 19.1. The summed E-state index contributed by atoms with van der Waals surface area (Å²) in [5.41, 5.74) is 1.16. The van der Waals surface area contributed by atoms with Crippen LogP contribution in [0.25, 0.3) is 0 Å². The third-order valence-electron chi connectivity index (χ3n) is 6.30. The summed E-state index contributed by atoms with van der Waals surface area (Å²) < 4.78 is 19.9. The van der Waals surface area contributed by atoms with Crippen molar-refractivity contribution in [2.45, 2.75) is 64.7 Å². The molecule has 0 aromatic heterocycles. The normalized spacial score (nSPS) is 29.2. The molecule has 3 rings (SSSR count). The van der Waals surface area contributed by atoms with E-state index in [4.69, 9.17) is 4.74 Å². The van der Waals surface area contributed by atoms with Crippen LogP contribution in [-0.2, 0) is 0 Å². The van der Waals surface area contributed by atoms with Gasteiger partial charge in [0.05, 0.1) is 0 Å². The van der Waals surface area contributed by atoms with Crippen molar-refractivity contribution in [3.8, 4) is 5.75 Å². The van der Waals surface area contributed by atoms with Gasteiger partial charge in [-0.1, -0.05) is 37.3 Å². The van der Waals surface area contributed by atoms with Crippen LogP contribution >= 0.6 is 0 Å². The lowest BCUT2D eigenvalue weighted by molar-refractivity contribution is 0.133. The zero-order chi connectivity index (χ0) is 18.4. The molecule has 2 aliphatic rings. The van der Waals surface area contributed by atoms with E-state index >= 15 is 0 Å². The molecule has 0 bridgehead atoms. The third-order valence-corrected chi connectivity index (χ3v) is 6.30. The zero-order valence-electron chi connectivity index (χ0n) is 16.3. The van der Waals surface area contributed by atoms with E-state index in [1.165, 1.54) is 38.5 Å². The second-order valence-corrected chi connectivity index (χ2v) is 8.01. The van der Waals surface area contributed by atoms with Gasteiger partial charge >= 0.3 is 0 Å². The maximum atomic E-state index is 14.4. The fourth-order valence-corrected chi connectivity index (χ4v) is 4.85. The van der Waals surface area contributed by atoms with Gasteiger partial charge in [-0.05, 0) is 93.2 Å². The van der Waals surface area contributed by atoms with Gasteiger partial charge < -0.3 is 4.74 Å². The smallest absolute Gasteiger partial charge is 0.165 e. The fraction of sp³-hybridized carbons (Fsp3) is 0.583. The van der Waals surface area contributed by atoms with Crippen LogP contribution in [0, 0.1) is 23.6 Å². The van der Waals surface area contributed by atoms with Crippen LogP contribution in [0.15, 0.2) is 42.5 Å². The Morgan fingerprint density at radius 1 is 1.08 bits per heavy atom. The SMILES string of the molecule is C/C=C/COc1ccc(C2CC[C@@H]3C[C@H](C=CCC)CC[C@@H]3C2)cc1F. The summed E-state index contributed by atoms with van der Waals surface area (Å²) in [7, 11) is 0. The molecule has 2 heteroatoms. The van der Waals surface area contributed by atoms with Crippen molar-refractivity contribution in [1.29, 1.82) is 0 Å². The first-order chi connectivity index (χ1) is 12.7. The molecular formula is C24H33FO. The molecule has 2 aliphatic carbocycles. The van der Waals surface area contributed by atoms with Gasteiger partial charge in [0.15, 0.2) is 11.6 Å². The van der Waals surface area contributed by atoms with E-state index in [1.807, 2.05) is 25.1 Å². The van der Waals surface area contributed by atoms with Gasteiger partial charge in [-0.3, -0.25) is 0 Å². The standard InChI is InChI=1S/C24H33FO/c1-3-5-7-18-8-9-20-16-21(11-10-19(20)15-18)22-12-13-24(23(25)17-22)26-14-6-4-2/h4-7,12-13,17-21H,3,8-11,14-16H2,1-2H3/b6-4+,7-5?/t18-,19-,20-,21?/m1/s1. The van der Waals surface area contributed by atoms with Gasteiger partial charge in [-0.15, -0.1) is 0 Å². The lowest BCUT2D eigenvalue weighted by atomic mass is 9.64. The van der Waals surface area contributed by atoms with E-state index in [0.29, 0.717) is 18.3 Å². The van der Waals surface area contributed by atoms with Gasteiger partial charge in [0.25, 0.3) is 0 Å². The molecule has 0 heterocycles. The van der Waals surface area contributed by atoms with Gasteiger partial charge in [-0.25, -0.2) is 4.39 Å². The molecule has 26 heavy (non-hydrogen) atoms. The summed E-state index contributed by atoms with van der Waals surface area (Å²) in [6, 6.07) is 5.60. The highest BCUT2D eigenvalue weighted by molar-refractivity contribution is 5.32. The minimum Gasteiger partial charge on any atom is -0.486 e. The molecule has 4 atom stereocenters. The van der Waals surface area contributed by atoms with Crippen molar-refractivity contribution >= 4 is 0 Å². The highest BCUT2D eigenvalue weighted by Gasteiger charge is 2.35. The summed E-state index contributed by atoms with van der Waals surface area (Å²) in [5, 5.41) is 0. The summed E-state index contributed by atoms with van der Waals surface area (Å²) in [6.45, 7) is 4.57. The molecular weight excluding hydrogens is 323 g/mol. The fourth-order valence-electron chi connectivity index (χ4n) is 4.85. The van der Waals surface area contributed by atoms with Crippen molar-refractivity contribution < 1.29 is 9.13 Å². The maximum Gasteiger partial charge on any atom is 0.165 e. The van der Waals surface area contributed by atoms with Crippen molar-refractivity contribution in [3.05, 3.63) is 53.9 Å². The van der Waals surface area contributed by atoms with Gasteiger partial charge in [0, 0.05) is 0 Å². The molecule has 0 aliphatic heterocycles. The Hall–Kier alpha value is -1.57. The largest absolute Gasteiger partial charge is 0.486 e. The topological polar surface area (TPSA) is 9.23 Å². The van der Waals surface area contributed by atoms with Crippen LogP contribution in [0.4, 0.5) is 4.39 Å². The number of hydrogen-bond donors (Lipinski definition) is 0. The van der Waals surface area contributed by atoms with Crippen LogP contribution in [0.1, 0.15) is 70.3 Å². The monoisotopic (exact) mass is 356 g/mol. The molecule has 1 aromatic carbocycles. The molecule has 2 fully saturated rings. The Kier molecular flexibility index (Phi) is 6.93. The Morgan fingerprint density at radius 3 is 2.65 bits per heavy atom. The minimum atomic E-state index is -0.220. The predicted octanol–water partition coefficient (Wildman–Crippen LogP) is 7.05. The van der Waals surface area contributed by atoms with E-state index in [1.54, 1.807) is 6.07 Å². The maximum absolute atomic E-state index is 14.4. The Morgan fingerprint density at radius 2 is 1.88 bits per heavy atom. The second kappa shape index (κ2) is 9.39. The number of halogens is 1. The average molecular weight is 357 g/mol. The van der Waals surface area contributed by atoms with E-state index in [0.717, 1.165) is 29.7 Å². The van der Waals surface area contributed by atoms with E-state index in [9.17, 15) is 4.39 Å². The first-order valence-corrected chi connectivity index (χ1v) is 10.4. The Balaban J connectivity index is 1.59.